The number of carbonyl (C=O) groups is 1. The first-order chi connectivity index (χ1) is 8.33. The molecule has 0 radical (unpaired) electrons. The van der Waals surface area contributed by atoms with Crippen LogP contribution in [-0.4, -0.2) is 49.7 Å². The zero-order valence-corrected chi connectivity index (χ0v) is 12.0. The number of methoxy groups -OCH3 is 1. The molecule has 106 valence electrons. The van der Waals surface area contributed by atoms with Crippen molar-refractivity contribution < 1.29 is 9.53 Å². The lowest BCUT2D eigenvalue weighted by Gasteiger charge is -2.28. The van der Waals surface area contributed by atoms with Gasteiger partial charge in [-0.05, 0) is 38.6 Å². The van der Waals surface area contributed by atoms with Gasteiger partial charge in [0.05, 0.1) is 0 Å². The summed E-state index contributed by atoms with van der Waals surface area (Å²) in [4.78, 5) is 14.4. The molecule has 18 heavy (non-hydrogen) atoms. The van der Waals surface area contributed by atoms with Crippen LogP contribution in [0, 0.1) is 0 Å². The highest BCUT2D eigenvalue weighted by Crippen LogP contribution is 2.28. The Hall–Kier alpha value is -0.320. The predicted molar refractivity (Wildman–Crippen MR) is 74.1 cm³/mol. The summed E-state index contributed by atoms with van der Waals surface area (Å²) in [5.74, 6) is 0.359. The molecule has 2 heterocycles. The van der Waals surface area contributed by atoms with Crippen molar-refractivity contribution in [3.63, 3.8) is 0 Å². The Morgan fingerprint density at radius 1 is 1.28 bits per heavy atom. The second-order valence-corrected chi connectivity index (χ2v) is 5.13. The molecule has 1 amide bonds. The maximum absolute atomic E-state index is 12.2. The fourth-order valence-electron chi connectivity index (χ4n) is 3.04. The molecule has 2 bridgehead atoms. The van der Waals surface area contributed by atoms with E-state index in [2.05, 4.69) is 10.2 Å². The lowest BCUT2D eigenvalue weighted by atomic mass is 10.1. The van der Waals surface area contributed by atoms with Crippen LogP contribution in [0.2, 0.25) is 0 Å². The maximum Gasteiger partial charge on any atom is 0.223 e. The largest absolute Gasteiger partial charge is 0.385 e. The second-order valence-electron chi connectivity index (χ2n) is 5.13. The van der Waals surface area contributed by atoms with Gasteiger partial charge in [-0.15, -0.1) is 12.4 Å². The first-order valence-electron chi connectivity index (χ1n) is 6.83. The molecule has 0 aromatic carbocycles. The molecule has 2 fully saturated rings. The summed E-state index contributed by atoms with van der Waals surface area (Å²) in [6, 6.07) is 0.961. The Balaban J connectivity index is 0.00000162. The quantitative estimate of drug-likeness (QED) is 0.775. The average molecular weight is 277 g/mol. The highest BCUT2D eigenvalue weighted by molar-refractivity contribution is 5.85. The third-order valence-corrected chi connectivity index (χ3v) is 3.93. The number of unbranched alkanes of at least 4 members (excludes halogenated alkanes) is 1. The van der Waals surface area contributed by atoms with E-state index < -0.39 is 0 Å². The summed E-state index contributed by atoms with van der Waals surface area (Å²) < 4.78 is 5.01. The highest BCUT2D eigenvalue weighted by Gasteiger charge is 2.37. The zero-order valence-electron chi connectivity index (χ0n) is 11.2. The Labute approximate surface area is 116 Å². The number of rotatable bonds is 5. The molecule has 2 atom stereocenters. The van der Waals surface area contributed by atoms with Crippen molar-refractivity contribution in [2.45, 2.75) is 50.6 Å². The summed E-state index contributed by atoms with van der Waals surface area (Å²) >= 11 is 0. The van der Waals surface area contributed by atoms with E-state index in [9.17, 15) is 4.79 Å². The van der Waals surface area contributed by atoms with Gasteiger partial charge in [-0.3, -0.25) is 4.79 Å². The minimum atomic E-state index is 0. The number of nitrogens with zero attached hydrogens (tertiary/aromatic N) is 1. The van der Waals surface area contributed by atoms with Crippen molar-refractivity contribution in [3.8, 4) is 0 Å². The number of halogens is 1. The molecule has 0 spiro atoms. The summed E-state index contributed by atoms with van der Waals surface area (Å²) in [6.07, 6.45) is 6.15. The molecule has 2 unspecified atom stereocenters. The molecule has 0 aromatic rings. The summed E-state index contributed by atoms with van der Waals surface area (Å²) in [5.41, 5.74) is 0. The number of hydrogen-bond donors (Lipinski definition) is 1. The van der Waals surface area contributed by atoms with Crippen molar-refractivity contribution in [2.24, 2.45) is 0 Å². The predicted octanol–water partition coefficient (Wildman–Crippen LogP) is 1.58. The van der Waals surface area contributed by atoms with E-state index in [1.165, 1.54) is 12.8 Å². The normalized spacial score (nSPS) is 26.6. The Morgan fingerprint density at radius 3 is 2.83 bits per heavy atom. The fraction of sp³-hybridized carbons (Fsp3) is 0.923. The van der Waals surface area contributed by atoms with Crippen LogP contribution < -0.4 is 5.32 Å². The van der Waals surface area contributed by atoms with Crippen LogP contribution in [-0.2, 0) is 9.53 Å². The van der Waals surface area contributed by atoms with E-state index in [1.54, 1.807) is 7.11 Å². The van der Waals surface area contributed by atoms with Gasteiger partial charge in [0, 0.05) is 38.8 Å². The fourth-order valence-corrected chi connectivity index (χ4v) is 3.04. The van der Waals surface area contributed by atoms with Gasteiger partial charge in [0.1, 0.15) is 0 Å². The van der Waals surface area contributed by atoms with E-state index in [4.69, 9.17) is 4.74 Å². The van der Waals surface area contributed by atoms with Crippen LogP contribution in [0.15, 0.2) is 0 Å². The van der Waals surface area contributed by atoms with E-state index in [1.807, 2.05) is 0 Å². The topological polar surface area (TPSA) is 41.6 Å². The van der Waals surface area contributed by atoms with Crippen LogP contribution in [0.25, 0.3) is 0 Å². The monoisotopic (exact) mass is 276 g/mol. The third kappa shape index (κ3) is 3.84. The molecule has 2 rings (SSSR count). The van der Waals surface area contributed by atoms with Gasteiger partial charge in [-0.2, -0.15) is 0 Å². The zero-order chi connectivity index (χ0) is 12.1. The molecule has 4 nitrogen and oxygen atoms in total. The molecule has 2 saturated heterocycles. The average Bonchev–Trinajstić information content (AvgIpc) is 2.58. The molecule has 0 aromatic heterocycles. The Morgan fingerprint density at radius 2 is 2.06 bits per heavy atom. The molecule has 0 saturated carbocycles. The number of ether oxygens (including phenoxy) is 1. The van der Waals surface area contributed by atoms with Gasteiger partial charge < -0.3 is 15.0 Å². The maximum atomic E-state index is 12.2. The van der Waals surface area contributed by atoms with Gasteiger partial charge in [0.15, 0.2) is 0 Å². The van der Waals surface area contributed by atoms with Gasteiger partial charge in [0.25, 0.3) is 0 Å². The standard InChI is InChI=1S/C13H24N2O2.ClH/c1-17-9-3-2-4-13(16)15-11-5-6-12(15)10-14-8-7-11;/h11-12,14H,2-10H2,1H3;1H. The van der Waals surface area contributed by atoms with Gasteiger partial charge >= 0.3 is 0 Å². The van der Waals surface area contributed by atoms with E-state index in [0.29, 0.717) is 24.4 Å². The SMILES string of the molecule is COCCCCC(=O)N1C2CCNCC1CC2.Cl. The third-order valence-electron chi connectivity index (χ3n) is 3.93. The molecule has 0 aliphatic carbocycles. The molecule has 2 aliphatic heterocycles. The van der Waals surface area contributed by atoms with E-state index in [0.717, 1.165) is 39.0 Å². The van der Waals surface area contributed by atoms with E-state index >= 15 is 0 Å². The van der Waals surface area contributed by atoms with E-state index in [-0.39, 0.29) is 12.4 Å². The Bertz CT molecular complexity index is 249. The van der Waals surface area contributed by atoms with Crippen LogP contribution in [0.1, 0.15) is 38.5 Å². The van der Waals surface area contributed by atoms with Crippen molar-refractivity contribution in [1.29, 1.82) is 0 Å². The van der Waals surface area contributed by atoms with Crippen LogP contribution in [0.4, 0.5) is 0 Å². The second kappa shape index (κ2) is 7.97. The molecular formula is C13H25ClN2O2. The first-order valence-corrected chi connectivity index (χ1v) is 6.83. The molecule has 1 N–H and O–H groups in total. The van der Waals surface area contributed by atoms with Gasteiger partial charge in [0.2, 0.25) is 5.91 Å². The highest BCUT2D eigenvalue weighted by atomic mass is 35.5. The number of amides is 1. The Kier molecular flexibility index (Phi) is 6.97. The first kappa shape index (κ1) is 15.7. The van der Waals surface area contributed by atoms with Crippen molar-refractivity contribution in [3.05, 3.63) is 0 Å². The number of carbonyl (C=O) groups excluding carboxylic acids is 1. The smallest absolute Gasteiger partial charge is 0.223 e. The molecule has 5 heteroatoms. The van der Waals surface area contributed by atoms with Crippen LogP contribution in [0.5, 0.6) is 0 Å². The van der Waals surface area contributed by atoms with Gasteiger partial charge in [-0.25, -0.2) is 0 Å². The van der Waals surface area contributed by atoms with Gasteiger partial charge in [-0.1, -0.05) is 0 Å². The summed E-state index contributed by atoms with van der Waals surface area (Å²) in [5, 5.41) is 3.43. The van der Waals surface area contributed by atoms with Crippen molar-refractivity contribution in [2.75, 3.05) is 26.8 Å². The minimum Gasteiger partial charge on any atom is -0.385 e. The molecule has 2 aliphatic rings. The van der Waals surface area contributed by atoms with Crippen molar-refractivity contribution >= 4 is 18.3 Å². The van der Waals surface area contributed by atoms with Crippen molar-refractivity contribution in [1.82, 2.24) is 10.2 Å². The van der Waals surface area contributed by atoms with Crippen LogP contribution >= 0.6 is 12.4 Å². The molecular weight excluding hydrogens is 252 g/mol. The number of hydrogen-bond acceptors (Lipinski definition) is 3. The lowest BCUT2D eigenvalue weighted by Crippen LogP contribution is -2.42. The summed E-state index contributed by atoms with van der Waals surface area (Å²) in [6.45, 7) is 2.82. The minimum absolute atomic E-state index is 0. The summed E-state index contributed by atoms with van der Waals surface area (Å²) in [7, 11) is 1.71. The number of fused-ring (bicyclic) bond motifs is 2. The number of nitrogens with one attached hydrogen (secondary N) is 1. The lowest BCUT2D eigenvalue weighted by molar-refractivity contribution is -0.133. The van der Waals surface area contributed by atoms with Crippen LogP contribution in [0.3, 0.4) is 0 Å².